The molecule has 5 heteroatoms. The maximum atomic E-state index is 10.5. The molecule has 0 radical (unpaired) electrons. The summed E-state index contributed by atoms with van der Waals surface area (Å²) in [5.74, 6) is -0.306. The molecule has 1 aromatic heterocycles. The molecule has 1 rings (SSSR count). The Balaban J connectivity index is 2.85. The molecule has 0 saturated carbocycles. The molecule has 2 nitrogen and oxygen atoms in total. The van der Waals surface area contributed by atoms with Gasteiger partial charge in [0.1, 0.15) is 0 Å². The number of esters is 1. The number of hydrogen-bond acceptors (Lipinski definition) is 3. The van der Waals surface area contributed by atoms with Crippen molar-refractivity contribution in [3.05, 3.63) is 14.3 Å². The van der Waals surface area contributed by atoms with E-state index < -0.39 is 0 Å². The Hall–Kier alpha value is 0.130. The first-order chi connectivity index (χ1) is 5.09. The molecular weight excluding hydrogens is 296 g/mol. The summed E-state index contributed by atoms with van der Waals surface area (Å²) in [6.07, 6.45) is 0. The number of thiophene rings is 1. The molecule has 1 heterocycles. The summed E-state index contributed by atoms with van der Waals surface area (Å²) < 4.78 is 6.60. The van der Waals surface area contributed by atoms with E-state index >= 15 is 0 Å². The number of rotatable bonds is 1. The van der Waals surface area contributed by atoms with Crippen molar-refractivity contribution in [2.45, 2.75) is 6.92 Å². The standard InChI is InChI=1S/C6H4Br2O2S/c1-3(9)10-6-4(7)2-5(8)11-6/h2H,1H3. The minimum absolute atomic E-state index is 0.306. The lowest BCUT2D eigenvalue weighted by Gasteiger charge is -1.94. The molecule has 0 unspecified atom stereocenters. The van der Waals surface area contributed by atoms with Crippen molar-refractivity contribution in [2.75, 3.05) is 0 Å². The van der Waals surface area contributed by atoms with Gasteiger partial charge in [0, 0.05) is 6.92 Å². The van der Waals surface area contributed by atoms with Gasteiger partial charge in [-0.15, -0.1) is 0 Å². The van der Waals surface area contributed by atoms with Crippen LogP contribution in [-0.4, -0.2) is 5.97 Å². The molecule has 0 aliphatic rings. The lowest BCUT2D eigenvalue weighted by molar-refractivity contribution is -0.131. The van der Waals surface area contributed by atoms with Crippen LogP contribution in [0.4, 0.5) is 0 Å². The van der Waals surface area contributed by atoms with E-state index in [1.807, 2.05) is 6.07 Å². The van der Waals surface area contributed by atoms with E-state index in [4.69, 9.17) is 4.74 Å². The summed E-state index contributed by atoms with van der Waals surface area (Å²) in [4.78, 5) is 10.5. The lowest BCUT2D eigenvalue weighted by atomic mass is 10.6. The first-order valence-corrected chi connectivity index (χ1v) is 5.13. The Bertz CT molecular complexity index is 282. The highest BCUT2D eigenvalue weighted by molar-refractivity contribution is 9.11. The van der Waals surface area contributed by atoms with Crippen LogP contribution in [0.25, 0.3) is 0 Å². The molecule has 0 aromatic carbocycles. The molecule has 1 aromatic rings. The zero-order valence-electron chi connectivity index (χ0n) is 5.56. The van der Waals surface area contributed by atoms with E-state index in [-0.39, 0.29) is 5.97 Å². The normalized spacial score (nSPS) is 9.73. The minimum atomic E-state index is -0.306. The van der Waals surface area contributed by atoms with Crippen molar-refractivity contribution in [3.63, 3.8) is 0 Å². The van der Waals surface area contributed by atoms with Gasteiger partial charge in [-0.25, -0.2) is 0 Å². The van der Waals surface area contributed by atoms with Crippen LogP contribution in [0.5, 0.6) is 5.06 Å². The van der Waals surface area contributed by atoms with Crippen LogP contribution in [-0.2, 0) is 4.79 Å². The van der Waals surface area contributed by atoms with Gasteiger partial charge >= 0.3 is 5.97 Å². The molecule has 0 spiro atoms. The first-order valence-electron chi connectivity index (χ1n) is 2.73. The van der Waals surface area contributed by atoms with Crippen molar-refractivity contribution in [1.29, 1.82) is 0 Å². The van der Waals surface area contributed by atoms with Crippen molar-refractivity contribution in [1.82, 2.24) is 0 Å². The van der Waals surface area contributed by atoms with E-state index in [1.54, 1.807) is 0 Å². The summed E-state index contributed by atoms with van der Waals surface area (Å²) in [5.41, 5.74) is 0. The predicted octanol–water partition coefficient (Wildman–Crippen LogP) is 3.20. The highest BCUT2D eigenvalue weighted by Crippen LogP contribution is 2.37. The van der Waals surface area contributed by atoms with E-state index in [2.05, 4.69) is 31.9 Å². The second-order valence-corrected chi connectivity index (χ2v) is 5.03. The molecule has 60 valence electrons. The summed E-state index contributed by atoms with van der Waals surface area (Å²) in [6.45, 7) is 1.38. The first kappa shape index (κ1) is 9.22. The van der Waals surface area contributed by atoms with Crippen molar-refractivity contribution in [3.8, 4) is 5.06 Å². The fraction of sp³-hybridized carbons (Fsp3) is 0.167. The average Bonchev–Trinajstić information content (AvgIpc) is 2.09. The van der Waals surface area contributed by atoms with Gasteiger partial charge in [0.15, 0.2) is 5.06 Å². The van der Waals surface area contributed by atoms with Crippen molar-refractivity contribution >= 4 is 49.2 Å². The highest BCUT2D eigenvalue weighted by atomic mass is 79.9. The number of carbonyl (C=O) groups excluding carboxylic acids is 1. The number of halogens is 2. The monoisotopic (exact) mass is 298 g/mol. The van der Waals surface area contributed by atoms with E-state index in [9.17, 15) is 4.79 Å². The zero-order chi connectivity index (χ0) is 8.43. The molecule has 0 aliphatic carbocycles. The Kier molecular flexibility index (Phi) is 3.09. The fourth-order valence-corrected chi connectivity index (χ4v) is 2.88. The Morgan fingerprint density at radius 3 is 2.64 bits per heavy atom. The molecule has 0 bridgehead atoms. The third kappa shape index (κ3) is 2.57. The van der Waals surface area contributed by atoms with E-state index in [0.29, 0.717) is 5.06 Å². The van der Waals surface area contributed by atoms with Crippen LogP contribution in [0.1, 0.15) is 6.92 Å². The number of carbonyl (C=O) groups is 1. The van der Waals surface area contributed by atoms with Gasteiger partial charge < -0.3 is 4.74 Å². The van der Waals surface area contributed by atoms with E-state index in [0.717, 1.165) is 8.26 Å². The topological polar surface area (TPSA) is 26.3 Å². The van der Waals surface area contributed by atoms with Gasteiger partial charge in [-0.3, -0.25) is 4.79 Å². The summed E-state index contributed by atoms with van der Waals surface area (Å²) in [5, 5.41) is 0.587. The zero-order valence-corrected chi connectivity index (χ0v) is 9.55. The molecule has 0 N–H and O–H groups in total. The molecule has 0 atom stereocenters. The molecule has 0 fully saturated rings. The Morgan fingerprint density at radius 1 is 1.64 bits per heavy atom. The fourth-order valence-electron chi connectivity index (χ4n) is 0.525. The molecule has 0 aliphatic heterocycles. The number of ether oxygens (including phenoxy) is 1. The Morgan fingerprint density at radius 2 is 2.27 bits per heavy atom. The molecule has 0 amide bonds. The quantitative estimate of drug-likeness (QED) is 0.745. The molecular formula is C6H4Br2O2S. The highest BCUT2D eigenvalue weighted by Gasteiger charge is 2.07. The maximum absolute atomic E-state index is 10.5. The predicted molar refractivity (Wildman–Crippen MR) is 51.0 cm³/mol. The van der Waals surface area contributed by atoms with Gasteiger partial charge in [-0.2, -0.15) is 0 Å². The van der Waals surface area contributed by atoms with Gasteiger partial charge in [0.05, 0.1) is 8.26 Å². The van der Waals surface area contributed by atoms with Crippen LogP contribution < -0.4 is 4.74 Å². The van der Waals surface area contributed by atoms with Gasteiger partial charge in [0.2, 0.25) is 0 Å². The Labute approximate surface area is 84.8 Å². The summed E-state index contributed by atoms with van der Waals surface area (Å²) >= 11 is 7.89. The summed E-state index contributed by atoms with van der Waals surface area (Å²) in [7, 11) is 0. The summed E-state index contributed by atoms with van der Waals surface area (Å²) in [6, 6.07) is 1.84. The second kappa shape index (κ2) is 3.69. The van der Waals surface area contributed by atoms with Gasteiger partial charge in [-0.05, 0) is 37.9 Å². The van der Waals surface area contributed by atoms with Gasteiger partial charge in [0.25, 0.3) is 0 Å². The SMILES string of the molecule is CC(=O)Oc1sc(Br)cc1Br. The van der Waals surface area contributed by atoms with Crippen LogP contribution in [0, 0.1) is 0 Å². The average molecular weight is 300 g/mol. The van der Waals surface area contributed by atoms with Crippen LogP contribution in [0.2, 0.25) is 0 Å². The van der Waals surface area contributed by atoms with E-state index in [1.165, 1.54) is 18.3 Å². The van der Waals surface area contributed by atoms with Crippen LogP contribution in [0.15, 0.2) is 14.3 Å². The lowest BCUT2D eigenvalue weighted by Crippen LogP contribution is -1.99. The third-order valence-corrected chi connectivity index (χ3v) is 3.23. The smallest absolute Gasteiger partial charge is 0.308 e. The number of hydrogen-bond donors (Lipinski definition) is 0. The largest absolute Gasteiger partial charge is 0.414 e. The van der Waals surface area contributed by atoms with Crippen molar-refractivity contribution < 1.29 is 9.53 Å². The molecule has 0 saturated heterocycles. The van der Waals surface area contributed by atoms with Gasteiger partial charge in [-0.1, -0.05) is 11.3 Å². The minimum Gasteiger partial charge on any atom is -0.414 e. The van der Waals surface area contributed by atoms with Crippen molar-refractivity contribution in [2.24, 2.45) is 0 Å². The maximum Gasteiger partial charge on any atom is 0.308 e. The molecule has 11 heavy (non-hydrogen) atoms. The third-order valence-electron chi connectivity index (χ3n) is 0.862. The second-order valence-electron chi connectivity index (χ2n) is 1.78. The van der Waals surface area contributed by atoms with Crippen LogP contribution >= 0.6 is 43.2 Å². The van der Waals surface area contributed by atoms with Crippen LogP contribution in [0.3, 0.4) is 0 Å².